The van der Waals surface area contributed by atoms with Crippen LogP contribution in [0.5, 0.6) is 0 Å². The topological polar surface area (TPSA) is 48.3 Å². The highest BCUT2D eigenvalue weighted by atomic mass is 35.5. The van der Waals surface area contributed by atoms with Crippen molar-refractivity contribution < 1.29 is 18.7 Å². The Morgan fingerprint density at radius 1 is 1.30 bits per heavy atom. The monoisotopic (exact) mass is 419 g/mol. The van der Waals surface area contributed by atoms with Crippen molar-refractivity contribution in [2.45, 2.75) is 0 Å². The summed E-state index contributed by atoms with van der Waals surface area (Å²) in [5.41, 5.74) is 1.68. The molecule has 136 valence electrons. The predicted octanol–water partition coefficient (Wildman–Crippen LogP) is 5.81. The lowest BCUT2D eigenvalue weighted by Crippen LogP contribution is -2.01. The lowest BCUT2D eigenvalue weighted by atomic mass is 10.1. The number of halogens is 2. The Hall–Kier alpha value is -2.48. The van der Waals surface area contributed by atoms with E-state index >= 15 is 0 Å². The first-order valence-electron chi connectivity index (χ1n) is 7.76. The third kappa shape index (κ3) is 2.88. The maximum Gasteiger partial charge on any atom is 0.348 e. The Bertz CT molecular complexity index is 1180. The fourth-order valence-electron chi connectivity index (χ4n) is 2.96. The highest BCUT2D eigenvalue weighted by Crippen LogP contribution is 2.42. The van der Waals surface area contributed by atoms with Crippen molar-refractivity contribution in [2.24, 2.45) is 0 Å². The summed E-state index contributed by atoms with van der Waals surface area (Å²) in [6.45, 7) is 0. The van der Waals surface area contributed by atoms with Crippen molar-refractivity contribution in [3.05, 3.63) is 63.2 Å². The average molecular weight is 420 g/mol. The van der Waals surface area contributed by atoms with E-state index in [1.807, 2.05) is 17.5 Å². The van der Waals surface area contributed by atoms with Crippen LogP contribution in [0.3, 0.4) is 0 Å². The van der Waals surface area contributed by atoms with Crippen molar-refractivity contribution in [3.8, 4) is 16.1 Å². The molecule has 0 aliphatic heterocycles. The number of esters is 1. The van der Waals surface area contributed by atoms with Crippen molar-refractivity contribution in [1.82, 2.24) is 4.57 Å². The molecule has 0 aliphatic carbocycles. The molecule has 0 atom stereocenters. The highest BCUT2D eigenvalue weighted by Gasteiger charge is 2.24. The number of rotatable bonds is 4. The number of ether oxygens (including phenoxy) is 1. The Morgan fingerprint density at radius 3 is 2.74 bits per heavy atom. The lowest BCUT2D eigenvalue weighted by molar-refractivity contribution is 0.0606. The zero-order valence-corrected chi connectivity index (χ0v) is 16.3. The maximum atomic E-state index is 13.6. The lowest BCUT2D eigenvalue weighted by Gasteiger charge is -2.08. The molecule has 4 rings (SSSR count). The van der Waals surface area contributed by atoms with Crippen LogP contribution in [0.1, 0.15) is 20.2 Å². The molecule has 0 radical (unpaired) electrons. The number of thiophene rings is 2. The Morgan fingerprint density at radius 2 is 2.11 bits per heavy atom. The fourth-order valence-corrected chi connectivity index (χ4v) is 5.04. The Kier molecular flexibility index (Phi) is 4.59. The fraction of sp³-hybridized carbons (Fsp3) is 0.0526. The Labute approximate surface area is 166 Å². The third-order valence-electron chi connectivity index (χ3n) is 4.11. The number of hydrogen-bond donors (Lipinski definition) is 0. The molecule has 0 bridgehead atoms. The second-order valence-electron chi connectivity index (χ2n) is 5.61. The minimum atomic E-state index is -0.545. The number of aromatic nitrogens is 1. The minimum Gasteiger partial charge on any atom is -0.465 e. The van der Waals surface area contributed by atoms with Crippen molar-refractivity contribution in [2.75, 3.05) is 7.11 Å². The molecule has 4 aromatic rings. The zero-order chi connectivity index (χ0) is 19.1. The number of hydrogen-bond acceptors (Lipinski definition) is 5. The summed E-state index contributed by atoms with van der Waals surface area (Å²) >= 11 is 8.64. The molecule has 0 spiro atoms. The van der Waals surface area contributed by atoms with Crippen LogP contribution in [0.2, 0.25) is 5.02 Å². The first-order chi connectivity index (χ1) is 13.0. The first kappa shape index (κ1) is 17.9. The second kappa shape index (κ2) is 6.92. The molecule has 0 unspecified atom stereocenters. The van der Waals surface area contributed by atoms with Gasteiger partial charge >= 0.3 is 5.97 Å². The van der Waals surface area contributed by atoms with Crippen LogP contribution in [-0.2, 0) is 4.74 Å². The van der Waals surface area contributed by atoms with Gasteiger partial charge in [0.05, 0.1) is 17.8 Å². The largest absolute Gasteiger partial charge is 0.465 e. The van der Waals surface area contributed by atoms with Crippen molar-refractivity contribution >= 4 is 56.7 Å². The SMILES string of the molecule is COC(=O)c1cc2c(-c3cccs3)c(C=O)n(-c3ccc(F)c(Cl)c3)c2s1. The zero-order valence-electron chi connectivity index (χ0n) is 13.9. The molecule has 0 N–H and O–H groups in total. The molecule has 0 saturated heterocycles. The maximum absolute atomic E-state index is 13.6. The van der Waals surface area contributed by atoms with Crippen LogP contribution in [0, 0.1) is 5.82 Å². The van der Waals surface area contributed by atoms with Crippen LogP contribution in [-0.4, -0.2) is 23.9 Å². The summed E-state index contributed by atoms with van der Waals surface area (Å²) in [6, 6.07) is 9.76. The summed E-state index contributed by atoms with van der Waals surface area (Å²) in [5.74, 6) is -0.999. The summed E-state index contributed by atoms with van der Waals surface area (Å²) in [7, 11) is 1.32. The van der Waals surface area contributed by atoms with Gasteiger partial charge in [-0.1, -0.05) is 17.7 Å². The molecule has 3 aromatic heterocycles. The van der Waals surface area contributed by atoms with Crippen molar-refractivity contribution in [3.63, 3.8) is 0 Å². The van der Waals surface area contributed by atoms with Gasteiger partial charge in [-0.05, 0) is 35.7 Å². The van der Waals surface area contributed by atoms with E-state index < -0.39 is 11.8 Å². The summed E-state index contributed by atoms with van der Waals surface area (Å²) in [4.78, 5) is 26.0. The van der Waals surface area contributed by atoms with Gasteiger partial charge in [0, 0.05) is 21.5 Å². The van der Waals surface area contributed by atoms with E-state index in [-0.39, 0.29) is 5.02 Å². The molecule has 4 nitrogen and oxygen atoms in total. The predicted molar refractivity (Wildman–Crippen MR) is 106 cm³/mol. The summed E-state index contributed by atoms with van der Waals surface area (Å²) in [6.07, 6.45) is 0.761. The van der Waals surface area contributed by atoms with Crippen LogP contribution >= 0.6 is 34.3 Å². The van der Waals surface area contributed by atoms with Gasteiger partial charge in [-0.25, -0.2) is 9.18 Å². The van der Waals surface area contributed by atoms with Gasteiger partial charge in [0.15, 0.2) is 6.29 Å². The van der Waals surface area contributed by atoms with Gasteiger partial charge in [-0.2, -0.15) is 0 Å². The van der Waals surface area contributed by atoms with E-state index in [0.29, 0.717) is 21.1 Å². The number of benzene rings is 1. The molecule has 0 aliphatic rings. The quantitative estimate of drug-likeness (QED) is 0.309. The molecule has 27 heavy (non-hydrogen) atoms. The third-order valence-corrected chi connectivity index (χ3v) is 6.39. The standard InChI is InChI=1S/C19H11ClFNO3S2/c1-25-19(24)16-8-11-17(15-3-2-6-26-15)14(9-23)22(18(11)27-16)10-4-5-13(21)12(20)7-10/h2-9H,1H3. The van der Waals surface area contributed by atoms with E-state index in [1.54, 1.807) is 16.7 Å². The van der Waals surface area contributed by atoms with E-state index in [4.69, 9.17) is 16.3 Å². The van der Waals surface area contributed by atoms with Gasteiger partial charge in [0.2, 0.25) is 0 Å². The van der Waals surface area contributed by atoms with Crippen LogP contribution < -0.4 is 0 Å². The number of carbonyl (C=O) groups is 2. The number of carbonyl (C=O) groups excluding carboxylic acids is 2. The average Bonchev–Trinajstić information content (AvgIpc) is 3.38. The number of methoxy groups -OCH3 is 1. The van der Waals surface area contributed by atoms with Crippen LogP contribution in [0.15, 0.2) is 41.8 Å². The smallest absolute Gasteiger partial charge is 0.348 e. The first-order valence-corrected chi connectivity index (χ1v) is 9.83. The molecular formula is C19H11ClFNO3S2. The summed E-state index contributed by atoms with van der Waals surface area (Å²) < 4.78 is 20.1. The second-order valence-corrected chi connectivity index (χ2v) is 8.00. The molecule has 8 heteroatoms. The van der Waals surface area contributed by atoms with Gasteiger partial charge in [-0.15, -0.1) is 22.7 Å². The van der Waals surface area contributed by atoms with Gasteiger partial charge in [-0.3, -0.25) is 9.36 Å². The van der Waals surface area contributed by atoms with E-state index in [9.17, 15) is 14.0 Å². The van der Waals surface area contributed by atoms with Gasteiger partial charge in [0.25, 0.3) is 0 Å². The van der Waals surface area contributed by atoms with E-state index in [1.165, 1.54) is 41.9 Å². The Balaban J connectivity index is 2.10. The normalized spacial score (nSPS) is 11.1. The van der Waals surface area contributed by atoms with Crippen molar-refractivity contribution in [1.29, 1.82) is 0 Å². The molecule has 1 aromatic carbocycles. The molecule has 0 saturated carbocycles. The molecule has 0 amide bonds. The van der Waals surface area contributed by atoms with Crippen LogP contribution in [0.25, 0.3) is 26.3 Å². The number of fused-ring (bicyclic) bond motifs is 1. The molecule has 0 fully saturated rings. The van der Waals surface area contributed by atoms with E-state index in [2.05, 4.69) is 0 Å². The van der Waals surface area contributed by atoms with Gasteiger partial charge in [0.1, 0.15) is 15.5 Å². The molecule has 3 heterocycles. The highest BCUT2D eigenvalue weighted by molar-refractivity contribution is 7.20. The minimum absolute atomic E-state index is 0.0476. The molecular weight excluding hydrogens is 409 g/mol. The number of nitrogens with zero attached hydrogens (tertiary/aromatic N) is 1. The summed E-state index contributed by atoms with van der Waals surface area (Å²) in [5, 5.41) is 2.62. The van der Waals surface area contributed by atoms with E-state index in [0.717, 1.165) is 22.1 Å². The number of aldehydes is 1. The van der Waals surface area contributed by atoms with Gasteiger partial charge < -0.3 is 4.74 Å². The van der Waals surface area contributed by atoms with Crippen LogP contribution in [0.4, 0.5) is 4.39 Å².